The number of H-pyrrole nitrogens is 1. The Morgan fingerprint density at radius 2 is 2.13 bits per heavy atom. The van der Waals surface area contributed by atoms with Crippen LogP contribution < -0.4 is 11.3 Å². The number of aromatic nitrogens is 2. The largest absolute Gasteiger partial charge is 0.442 e. The molecular formula is C15H23ClN4O3. The lowest BCUT2D eigenvalue weighted by atomic mass is 10.0. The average Bonchev–Trinajstić information content (AvgIpc) is 2.80. The number of aryl methyl sites for hydroxylation is 1. The zero-order valence-corrected chi connectivity index (χ0v) is 14.6. The number of halogens is 1. The predicted octanol–water partition coefficient (Wildman–Crippen LogP) is 1.69. The molecule has 8 heteroatoms. The molecule has 128 valence electrons. The number of aromatic amines is 1. The Hall–Kier alpha value is -1.86. The number of nitrogens with two attached hydrogens (primary N) is 1. The Morgan fingerprint density at radius 3 is 2.74 bits per heavy atom. The van der Waals surface area contributed by atoms with Crippen LogP contribution in [0.4, 0.5) is 0 Å². The fourth-order valence-electron chi connectivity index (χ4n) is 2.28. The number of hydrogen-bond donors (Lipinski definition) is 2. The second-order valence-electron chi connectivity index (χ2n) is 5.87. The number of hydrogen-bond acceptors (Lipinski definition) is 5. The summed E-state index contributed by atoms with van der Waals surface area (Å²) >= 11 is 0. The Labute approximate surface area is 140 Å². The molecule has 1 atom stereocenters. The van der Waals surface area contributed by atoms with Crippen LogP contribution in [0.1, 0.15) is 36.4 Å². The number of nitrogens with zero attached hydrogens (tertiary/aromatic N) is 2. The van der Waals surface area contributed by atoms with E-state index in [1.165, 1.54) is 6.33 Å². The first kappa shape index (κ1) is 19.2. The van der Waals surface area contributed by atoms with E-state index in [0.717, 1.165) is 0 Å². The number of amides is 1. The van der Waals surface area contributed by atoms with Gasteiger partial charge in [-0.1, -0.05) is 13.8 Å². The quantitative estimate of drug-likeness (QED) is 0.860. The molecule has 0 saturated carbocycles. The zero-order chi connectivity index (χ0) is 16.4. The summed E-state index contributed by atoms with van der Waals surface area (Å²) in [7, 11) is 1.69. The molecule has 3 N–H and O–H groups in total. The molecule has 2 heterocycles. The SMILES string of the molecule is Cc1oc2nc[nH]c(=O)c2c1C(=O)N(C)CCC(N)C(C)C.Cl. The molecule has 0 aromatic carbocycles. The van der Waals surface area contributed by atoms with Crippen LogP contribution in [0.2, 0.25) is 0 Å². The van der Waals surface area contributed by atoms with Crippen molar-refractivity contribution >= 4 is 29.4 Å². The normalized spacial score (nSPS) is 12.3. The molecule has 0 fully saturated rings. The molecular weight excluding hydrogens is 320 g/mol. The molecule has 0 aliphatic heterocycles. The summed E-state index contributed by atoms with van der Waals surface area (Å²) in [5.41, 5.74) is 6.08. The first-order valence-electron chi connectivity index (χ1n) is 7.30. The van der Waals surface area contributed by atoms with Crippen molar-refractivity contribution in [3.05, 3.63) is 28.0 Å². The van der Waals surface area contributed by atoms with Gasteiger partial charge in [0, 0.05) is 19.6 Å². The molecule has 0 aliphatic rings. The molecule has 2 aromatic heterocycles. The predicted molar refractivity (Wildman–Crippen MR) is 91.0 cm³/mol. The highest BCUT2D eigenvalue weighted by Crippen LogP contribution is 2.22. The van der Waals surface area contributed by atoms with Crippen LogP contribution >= 0.6 is 12.4 Å². The van der Waals surface area contributed by atoms with Gasteiger partial charge in [-0.05, 0) is 19.3 Å². The van der Waals surface area contributed by atoms with Crippen LogP contribution in [0.5, 0.6) is 0 Å². The summed E-state index contributed by atoms with van der Waals surface area (Å²) in [5, 5.41) is 0.199. The first-order chi connectivity index (χ1) is 10.3. The van der Waals surface area contributed by atoms with Gasteiger partial charge < -0.3 is 20.0 Å². The van der Waals surface area contributed by atoms with Gasteiger partial charge in [0.25, 0.3) is 11.5 Å². The maximum Gasteiger partial charge on any atom is 0.262 e. The molecule has 0 spiro atoms. The van der Waals surface area contributed by atoms with Gasteiger partial charge in [0.1, 0.15) is 11.1 Å². The van der Waals surface area contributed by atoms with Crippen molar-refractivity contribution in [3.63, 3.8) is 0 Å². The summed E-state index contributed by atoms with van der Waals surface area (Å²) in [6.07, 6.45) is 1.95. The number of fused-ring (bicyclic) bond motifs is 1. The lowest BCUT2D eigenvalue weighted by Crippen LogP contribution is -2.35. The van der Waals surface area contributed by atoms with Crippen LogP contribution in [0.25, 0.3) is 11.1 Å². The smallest absolute Gasteiger partial charge is 0.262 e. The van der Waals surface area contributed by atoms with Gasteiger partial charge in [0.05, 0.1) is 11.9 Å². The van der Waals surface area contributed by atoms with Crippen molar-refractivity contribution in [2.75, 3.05) is 13.6 Å². The lowest BCUT2D eigenvalue weighted by molar-refractivity contribution is 0.0789. The maximum atomic E-state index is 12.6. The van der Waals surface area contributed by atoms with E-state index in [1.54, 1.807) is 18.9 Å². The first-order valence-corrected chi connectivity index (χ1v) is 7.30. The molecule has 1 unspecified atom stereocenters. The van der Waals surface area contributed by atoms with Crippen LogP contribution in [0.15, 0.2) is 15.5 Å². The molecule has 0 radical (unpaired) electrons. The van der Waals surface area contributed by atoms with Crippen LogP contribution in [0, 0.1) is 12.8 Å². The summed E-state index contributed by atoms with van der Waals surface area (Å²) in [6.45, 7) is 6.27. The van der Waals surface area contributed by atoms with Gasteiger partial charge in [-0.3, -0.25) is 9.59 Å². The van der Waals surface area contributed by atoms with Gasteiger partial charge in [-0.2, -0.15) is 0 Å². The minimum atomic E-state index is -0.377. The van der Waals surface area contributed by atoms with E-state index in [1.807, 2.05) is 13.8 Å². The Kier molecular flexibility index (Phi) is 6.35. The van der Waals surface area contributed by atoms with E-state index < -0.39 is 0 Å². The second-order valence-corrected chi connectivity index (χ2v) is 5.87. The van der Waals surface area contributed by atoms with Crippen LogP contribution in [-0.2, 0) is 0 Å². The number of carbonyl (C=O) groups excluding carboxylic acids is 1. The van der Waals surface area contributed by atoms with Crippen molar-refractivity contribution in [3.8, 4) is 0 Å². The van der Waals surface area contributed by atoms with Gasteiger partial charge >= 0.3 is 0 Å². The summed E-state index contributed by atoms with van der Waals surface area (Å²) in [4.78, 5) is 32.5. The number of carbonyl (C=O) groups is 1. The third-order valence-electron chi connectivity index (χ3n) is 3.88. The minimum Gasteiger partial charge on any atom is -0.442 e. The molecule has 0 saturated heterocycles. The van der Waals surface area contributed by atoms with Crippen molar-refractivity contribution in [2.24, 2.45) is 11.7 Å². The van der Waals surface area contributed by atoms with E-state index in [4.69, 9.17) is 10.2 Å². The van der Waals surface area contributed by atoms with Crippen LogP contribution in [0.3, 0.4) is 0 Å². The lowest BCUT2D eigenvalue weighted by Gasteiger charge is -2.21. The zero-order valence-electron chi connectivity index (χ0n) is 13.8. The Bertz CT molecular complexity index is 738. The van der Waals surface area contributed by atoms with Crippen molar-refractivity contribution in [2.45, 2.75) is 33.2 Å². The van der Waals surface area contributed by atoms with E-state index in [0.29, 0.717) is 24.6 Å². The molecule has 0 bridgehead atoms. The third-order valence-corrected chi connectivity index (χ3v) is 3.88. The highest BCUT2D eigenvalue weighted by molar-refractivity contribution is 6.06. The number of furan rings is 1. The molecule has 2 aromatic rings. The summed E-state index contributed by atoms with van der Waals surface area (Å²) < 4.78 is 5.41. The van der Waals surface area contributed by atoms with E-state index in [9.17, 15) is 9.59 Å². The molecule has 7 nitrogen and oxygen atoms in total. The van der Waals surface area contributed by atoms with Gasteiger partial charge in [-0.25, -0.2) is 4.98 Å². The Balaban J connectivity index is 0.00000264. The van der Waals surface area contributed by atoms with Crippen LogP contribution in [-0.4, -0.2) is 40.4 Å². The van der Waals surface area contributed by atoms with E-state index in [-0.39, 0.29) is 46.6 Å². The van der Waals surface area contributed by atoms with Gasteiger partial charge in [0.2, 0.25) is 5.71 Å². The van der Waals surface area contributed by atoms with E-state index >= 15 is 0 Å². The Morgan fingerprint density at radius 1 is 1.48 bits per heavy atom. The summed E-state index contributed by atoms with van der Waals surface area (Å²) in [5.74, 6) is 0.488. The molecule has 2 rings (SSSR count). The van der Waals surface area contributed by atoms with Gasteiger partial charge in [0.15, 0.2) is 0 Å². The fraction of sp³-hybridized carbons (Fsp3) is 0.533. The highest BCUT2D eigenvalue weighted by atomic mass is 35.5. The monoisotopic (exact) mass is 342 g/mol. The highest BCUT2D eigenvalue weighted by Gasteiger charge is 2.24. The topological polar surface area (TPSA) is 105 Å². The molecule has 1 amide bonds. The maximum absolute atomic E-state index is 12.6. The summed E-state index contributed by atoms with van der Waals surface area (Å²) in [6, 6.07) is 0.0301. The standard InChI is InChI=1S/C15H22N4O3.ClH/c1-8(2)10(16)5-6-19(4)15(21)11-9(3)22-14-12(11)13(20)17-7-18-14;/h7-8,10H,5-6,16H2,1-4H3,(H,17,18,20);1H. The average molecular weight is 343 g/mol. The molecule has 23 heavy (non-hydrogen) atoms. The second kappa shape index (κ2) is 7.61. The number of nitrogens with one attached hydrogen (secondary N) is 1. The minimum absolute atomic E-state index is 0. The number of rotatable bonds is 5. The third kappa shape index (κ3) is 3.92. The van der Waals surface area contributed by atoms with Crippen molar-refractivity contribution < 1.29 is 9.21 Å². The van der Waals surface area contributed by atoms with Crippen molar-refractivity contribution in [1.29, 1.82) is 0 Å². The fourth-order valence-corrected chi connectivity index (χ4v) is 2.28. The van der Waals surface area contributed by atoms with Crippen molar-refractivity contribution in [1.82, 2.24) is 14.9 Å². The van der Waals surface area contributed by atoms with Gasteiger partial charge in [-0.15, -0.1) is 12.4 Å². The van der Waals surface area contributed by atoms with E-state index in [2.05, 4.69) is 9.97 Å². The molecule has 0 aliphatic carbocycles.